The van der Waals surface area contributed by atoms with Gasteiger partial charge in [0.2, 0.25) is 0 Å². The van der Waals surface area contributed by atoms with Crippen molar-refractivity contribution in [3.05, 3.63) is 0 Å². The van der Waals surface area contributed by atoms with Gasteiger partial charge in [-0.15, -0.1) is 0 Å². The van der Waals surface area contributed by atoms with Crippen LogP contribution < -0.4 is 5.32 Å². The topological polar surface area (TPSA) is 46.2 Å². The molecule has 0 rings (SSSR count). The molecule has 0 heterocycles. The third-order valence-electron chi connectivity index (χ3n) is 0.476. The molecule has 0 aliphatic heterocycles. The largest absolute Gasteiger partial charge is 0.340 e. The van der Waals surface area contributed by atoms with Gasteiger partial charge < -0.3 is 5.32 Å². The van der Waals surface area contributed by atoms with E-state index in [0.717, 1.165) is 0 Å². The Morgan fingerprint density at radius 3 is 2.25 bits per heavy atom. The zero-order valence-corrected chi connectivity index (χ0v) is 6.56. The first-order valence-corrected chi connectivity index (χ1v) is 3.13. The minimum Gasteiger partial charge on any atom is -0.340 e. The summed E-state index contributed by atoms with van der Waals surface area (Å²) in [4.78, 5) is 20.2. The van der Waals surface area contributed by atoms with Crippen molar-refractivity contribution in [2.75, 3.05) is 6.54 Å². The molecule has 0 bridgehead atoms. The normalized spacial score (nSPS) is 8.25. The van der Waals surface area contributed by atoms with Gasteiger partial charge in [0.05, 0.1) is 6.54 Å². The zero-order chi connectivity index (χ0) is 6.57. The molecule has 4 heteroatoms. The summed E-state index contributed by atoms with van der Waals surface area (Å²) in [6.45, 7) is 1.56. The van der Waals surface area contributed by atoms with Crippen molar-refractivity contribution in [1.82, 2.24) is 5.32 Å². The van der Waals surface area contributed by atoms with Gasteiger partial charge in [0.15, 0.2) is 0 Å². The SMILES string of the molecule is CC(=O)CNC(=O)I. The van der Waals surface area contributed by atoms with E-state index in [2.05, 4.69) is 5.32 Å². The summed E-state index contributed by atoms with van der Waals surface area (Å²) in [5.74, 6) is -0.0324. The summed E-state index contributed by atoms with van der Waals surface area (Å²) >= 11 is 1.57. The highest BCUT2D eigenvalue weighted by Crippen LogP contribution is 1.80. The standard InChI is InChI=1S/C4H6INO2/c1-3(7)2-6-4(5)8/h2H2,1H3,(H,6,8). The molecule has 3 nitrogen and oxygen atoms in total. The first kappa shape index (κ1) is 7.87. The van der Waals surface area contributed by atoms with Crippen LogP contribution in [0.1, 0.15) is 6.92 Å². The maximum atomic E-state index is 10.1. The minimum atomic E-state index is -0.196. The zero-order valence-electron chi connectivity index (χ0n) is 4.40. The van der Waals surface area contributed by atoms with E-state index in [1.54, 1.807) is 22.6 Å². The minimum absolute atomic E-state index is 0.0324. The summed E-state index contributed by atoms with van der Waals surface area (Å²) in [5.41, 5.74) is 0. The predicted octanol–water partition coefficient (Wildman–Crippen LogP) is 0.720. The number of rotatable bonds is 2. The highest BCUT2D eigenvalue weighted by atomic mass is 127. The lowest BCUT2D eigenvalue weighted by atomic mass is 10.5. The van der Waals surface area contributed by atoms with Crippen molar-refractivity contribution in [3.63, 3.8) is 0 Å². The molecule has 0 aliphatic carbocycles. The number of ketones is 1. The van der Waals surface area contributed by atoms with Gasteiger partial charge in [-0.25, -0.2) is 0 Å². The van der Waals surface area contributed by atoms with Gasteiger partial charge in [-0.05, 0) is 6.92 Å². The second-order valence-corrected chi connectivity index (χ2v) is 2.31. The second kappa shape index (κ2) is 3.82. The average molecular weight is 227 g/mol. The smallest absolute Gasteiger partial charge is 0.280 e. The van der Waals surface area contributed by atoms with E-state index >= 15 is 0 Å². The fourth-order valence-corrected chi connectivity index (χ4v) is 0.385. The molecular formula is C4H6INO2. The van der Waals surface area contributed by atoms with Crippen LogP contribution in [0, 0.1) is 0 Å². The summed E-state index contributed by atoms with van der Waals surface area (Å²) in [6.07, 6.45) is 0. The lowest BCUT2D eigenvalue weighted by molar-refractivity contribution is -0.116. The number of nitrogens with one attached hydrogen (secondary N) is 1. The van der Waals surface area contributed by atoms with Gasteiger partial charge in [0.1, 0.15) is 5.78 Å². The Kier molecular flexibility index (Phi) is 3.76. The van der Waals surface area contributed by atoms with E-state index in [0.29, 0.717) is 0 Å². The fourth-order valence-electron chi connectivity index (χ4n) is 0.194. The molecule has 8 heavy (non-hydrogen) atoms. The van der Waals surface area contributed by atoms with Crippen LogP contribution in [0.2, 0.25) is 0 Å². The van der Waals surface area contributed by atoms with Crippen molar-refractivity contribution in [1.29, 1.82) is 0 Å². The second-order valence-electron chi connectivity index (χ2n) is 1.33. The number of amides is 1. The van der Waals surface area contributed by atoms with E-state index in [9.17, 15) is 9.59 Å². The lowest BCUT2D eigenvalue weighted by Crippen LogP contribution is -2.22. The lowest BCUT2D eigenvalue weighted by Gasteiger charge is -1.91. The van der Waals surface area contributed by atoms with Gasteiger partial charge >= 0.3 is 0 Å². The molecule has 0 unspecified atom stereocenters. The van der Waals surface area contributed by atoms with Crippen molar-refractivity contribution in [3.8, 4) is 0 Å². The summed E-state index contributed by atoms with van der Waals surface area (Å²) in [7, 11) is 0. The van der Waals surface area contributed by atoms with Crippen LogP contribution in [0.25, 0.3) is 0 Å². The van der Waals surface area contributed by atoms with Crippen LogP contribution in [-0.2, 0) is 4.79 Å². The highest BCUT2D eigenvalue weighted by Gasteiger charge is 1.93. The molecule has 0 aromatic carbocycles. The van der Waals surface area contributed by atoms with Crippen LogP contribution >= 0.6 is 22.6 Å². The van der Waals surface area contributed by atoms with E-state index in [4.69, 9.17) is 0 Å². The van der Waals surface area contributed by atoms with E-state index in [1.807, 2.05) is 0 Å². The van der Waals surface area contributed by atoms with Gasteiger partial charge in [-0.3, -0.25) is 9.59 Å². The van der Waals surface area contributed by atoms with Crippen molar-refractivity contribution in [2.45, 2.75) is 6.92 Å². The van der Waals surface area contributed by atoms with Crippen molar-refractivity contribution >= 4 is 32.3 Å². The van der Waals surface area contributed by atoms with Crippen LogP contribution in [0.4, 0.5) is 4.79 Å². The number of carbonyl (C=O) groups is 2. The number of halogens is 1. The molecular weight excluding hydrogens is 221 g/mol. The maximum Gasteiger partial charge on any atom is 0.280 e. The maximum absolute atomic E-state index is 10.1. The Labute approximate surface area is 61.0 Å². The number of Topliss-reactive ketones (excluding diaryl/α,β-unsaturated/α-hetero) is 1. The Morgan fingerprint density at radius 1 is 1.62 bits per heavy atom. The molecule has 0 radical (unpaired) electrons. The first-order chi connectivity index (χ1) is 3.63. The van der Waals surface area contributed by atoms with Crippen molar-refractivity contribution < 1.29 is 9.59 Å². The van der Waals surface area contributed by atoms with E-state index < -0.39 is 0 Å². The molecule has 0 aromatic rings. The molecule has 46 valence electrons. The number of carbonyl (C=O) groups excluding carboxylic acids is 2. The Morgan fingerprint density at radius 2 is 2.12 bits per heavy atom. The molecule has 1 N–H and O–H groups in total. The molecule has 0 fully saturated rings. The van der Waals surface area contributed by atoms with E-state index in [1.165, 1.54) is 6.92 Å². The van der Waals surface area contributed by atoms with Crippen LogP contribution in [0.15, 0.2) is 0 Å². The fraction of sp³-hybridized carbons (Fsp3) is 0.500. The Bertz CT molecular complexity index is 98.6. The van der Waals surface area contributed by atoms with Gasteiger partial charge in [-0.1, -0.05) is 0 Å². The third-order valence-corrected chi connectivity index (χ3v) is 0.858. The number of hydrogen-bond acceptors (Lipinski definition) is 2. The Balaban J connectivity index is 3.18. The van der Waals surface area contributed by atoms with E-state index in [-0.39, 0.29) is 16.2 Å². The highest BCUT2D eigenvalue weighted by molar-refractivity contribution is 14.1. The van der Waals surface area contributed by atoms with Crippen LogP contribution in [-0.4, -0.2) is 16.2 Å². The Hall–Kier alpha value is -0.130. The molecule has 0 atom stereocenters. The van der Waals surface area contributed by atoms with Gasteiger partial charge in [-0.2, -0.15) is 0 Å². The molecule has 0 aromatic heterocycles. The predicted molar refractivity (Wildman–Crippen MR) is 38.1 cm³/mol. The first-order valence-electron chi connectivity index (χ1n) is 2.05. The van der Waals surface area contributed by atoms with Crippen LogP contribution in [0.5, 0.6) is 0 Å². The average Bonchev–Trinajstić information content (AvgIpc) is 1.61. The summed E-state index contributed by atoms with van der Waals surface area (Å²) in [5, 5.41) is 2.34. The molecule has 0 saturated carbocycles. The van der Waals surface area contributed by atoms with Crippen LogP contribution in [0.3, 0.4) is 0 Å². The third kappa shape index (κ3) is 5.87. The monoisotopic (exact) mass is 227 g/mol. The van der Waals surface area contributed by atoms with Gasteiger partial charge in [0.25, 0.3) is 3.91 Å². The molecule has 0 saturated heterocycles. The van der Waals surface area contributed by atoms with Crippen molar-refractivity contribution in [2.24, 2.45) is 0 Å². The quantitative estimate of drug-likeness (QED) is 0.429. The van der Waals surface area contributed by atoms with Gasteiger partial charge in [0, 0.05) is 22.6 Å². The molecule has 1 amide bonds. The summed E-state index contributed by atoms with van der Waals surface area (Å²) < 4.78 is -0.196. The molecule has 0 spiro atoms. The molecule has 0 aliphatic rings. The summed E-state index contributed by atoms with van der Waals surface area (Å²) in [6, 6.07) is 0. The number of hydrogen-bond donors (Lipinski definition) is 1.